The second-order valence-corrected chi connectivity index (χ2v) is 4.77. The van der Waals surface area contributed by atoms with Crippen LogP contribution in [-0.4, -0.2) is 19.6 Å². The molecule has 0 aliphatic rings. The lowest BCUT2D eigenvalue weighted by atomic mass is 10.1. The second kappa shape index (κ2) is 6.03. The van der Waals surface area contributed by atoms with Gasteiger partial charge < -0.3 is 9.67 Å². The van der Waals surface area contributed by atoms with Gasteiger partial charge in [-0.15, -0.1) is 0 Å². The van der Waals surface area contributed by atoms with Crippen molar-refractivity contribution in [3.8, 4) is 11.5 Å². The third-order valence-corrected chi connectivity index (χ3v) is 3.31. The Balaban J connectivity index is 1.90. The van der Waals surface area contributed by atoms with Gasteiger partial charge >= 0.3 is 0 Å². The molecule has 2 heterocycles. The monoisotopic (exact) mass is 301 g/mol. The number of benzene rings is 1. The first-order valence-electron chi connectivity index (χ1n) is 6.71. The van der Waals surface area contributed by atoms with E-state index >= 15 is 0 Å². The molecule has 4 nitrogen and oxygen atoms in total. The van der Waals surface area contributed by atoms with Crippen molar-refractivity contribution in [1.82, 2.24) is 14.5 Å². The van der Waals surface area contributed by atoms with Gasteiger partial charge in [0.25, 0.3) is 0 Å². The van der Waals surface area contributed by atoms with Crippen LogP contribution in [0, 0.1) is 11.6 Å². The van der Waals surface area contributed by atoms with Crippen molar-refractivity contribution >= 4 is 0 Å². The molecule has 0 fully saturated rings. The molecule has 0 saturated heterocycles. The molecule has 1 N–H and O–H groups in total. The van der Waals surface area contributed by atoms with E-state index in [-0.39, 0.29) is 12.1 Å². The number of rotatable bonds is 4. The normalized spacial score (nSPS) is 12.3. The van der Waals surface area contributed by atoms with Crippen LogP contribution in [0.3, 0.4) is 0 Å². The quantitative estimate of drug-likeness (QED) is 0.806. The molecule has 0 aliphatic carbocycles. The molecule has 0 saturated carbocycles. The molecule has 3 aromatic rings. The number of aromatic nitrogens is 3. The number of pyridine rings is 1. The largest absolute Gasteiger partial charge is 0.386 e. The van der Waals surface area contributed by atoms with Gasteiger partial charge in [-0.3, -0.25) is 4.98 Å². The van der Waals surface area contributed by atoms with E-state index in [0.717, 1.165) is 12.1 Å². The molecule has 0 aliphatic heterocycles. The minimum atomic E-state index is -1.32. The average Bonchev–Trinajstić information content (AvgIpc) is 2.96. The van der Waals surface area contributed by atoms with Crippen molar-refractivity contribution in [3.05, 3.63) is 72.2 Å². The summed E-state index contributed by atoms with van der Waals surface area (Å²) in [6, 6.07) is 8.87. The van der Waals surface area contributed by atoms with Crippen molar-refractivity contribution in [2.75, 3.05) is 0 Å². The molecule has 0 spiro atoms. The summed E-state index contributed by atoms with van der Waals surface area (Å²) in [6.07, 6.45) is 3.49. The molecular formula is C16H13F2N3O. The number of imidazole rings is 1. The number of hydrogen-bond donors (Lipinski definition) is 1. The lowest BCUT2D eigenvalue weighted by Gasteiger charge is -2.15. The van der Waals surface area contributed by atoms with Crippen LogP contribution in [0.5, 0.6) is 0 Å². The molecule has 0 amide bonds. The number of aliphatic hydroxyl groups excluding tert-OH is 1. The summed E-state index contributed by atoms with van der Waals surface area (Å²) >= 11 is 0. The summed E-state index contributed by atoms with van der Waals surface area (Å²) in [7, 11) is 0. The maximum Gasteiger partial charge on any atom is 0.158 e. The minimum absolute atomic E-state index is 0.0240. The fraction of sp³-hybridized carbons (Fsp3) is 0.125. The highest BCUT2D eigenvalue weighted by atomic mass is 19.1. The Morgan fingerprint density at radius 1 is 1.00 bits per heavy atom. The zero-order valence-electron chi connectivity index (χ0n) is 11.5. The highest BCUT2D eigenvalue weighted by Crippen LogP contribution is 2.24. The van der Waals surface area contributed by atoms with E-state index in [4.69, 9.17) is 0 Å². The van der Waals surface area contributed by atoms with E-state index in [1.807, 2.05) is 6.07 Å². The van der Waals surface area contributed by atoms with Crippen LogP contribution in [0.25, 0.3) is 11.5 Å². The first-order chi connectivity index (χ1) is 10.7. The van der Waals surface area contributed by atoms with Crippen LogP contribution in [0.1, 0.15) is 11.7 Å². The van der Waals surface area contributed by atoms with Crippen molar-refractivity contribution in [2.24, 2.45) is 0 Å². The molecule has 1 aromatic carbocycles. The predicted octanol–water partition coefficient (Wildman–Crippen LogP) is 2.96. The number of nitrogens with zero attached hydrogens (tertiary/aromatic N) is 3. The van der Waals surface area contributed by atoms with E-state index in [2.05, 4.69) is 9.97 Å². The minimum Gasteiger partial charge on any atom is -0.386 e. The first kappa shape index (κ1) is 14.3. The van der Waals surface area contributed by atoms with Gasteiger partial charge in [-0.05, 0) is 24.3 Å². The van der Waals surface area contributed by atoms with Gasteiger partial charge in [0, 0.05) is 18.6 Å². The van der Waals surface area contributed by atoms with Crippen LogP contribution >= 0.6 is 0 Å². The highest BCUT2D eigenvalue weighted by molar-refractivity contribution is 5.49. The van der Waals surface area contributed by atoms with Gasteiger partial charge in [0.15, 0.2) is 5.82 Å². The predicted molar refractivity (Wildman–Crippen MR) is 76.8 cm³/mol. The SMILES string of the molecule is OC(Cn1ccnc1-c1ccccn1)c1c(F)cccc1F. The Hall–Kier alpha value is -2.60. The third-order valence-electron chi connectivity index (χ3n) is 3.31. The van der Waals surface area contributed by atoms with E-state index in [0.29, 0.717) is 11.5 Å². The molecule has 0 bridgehead atoms. The van der Waals surface area contributed by atoms with Gasteiger partial charge in [0.05, 0.1) is 12.1 Å². The van der Waals surface area contributed by atoms with Gasteiger partial charge in [0.1, 0.15) is 23.4 Å². The summed E-state index contributed by atoms with van der Waals surface area (Å²) in [5.74, 6) is -1.02. The zero-order valence-corrected chi connectivity index (χ0v) is 11.5. The van der Waals surface area contributed by atoms with E-state index in [1.165, 1.54) is 6.07 Å². The fourth-order valence-corrected chi connectivity index (χ4v) is 2.29. The van der Waals surface area contributed by atoms with Crippen molar-refractivity contribution < 1.29 is 13.9 Å². The van der Waals surface area contributed by atoms with E-state index < -0.39 is 17.7 Å². The Kier molecular flexibility index (Phi) is 3.93. The molecular weight excluding hydrogens is 288 g/mol. The third kappa shape index (κ3) is 2.73. The molecule has 3 rings (SSSR count). The van der Waals surface area contributed by atoms with Crippen LogP contribution in [0.2, 0.25) is 0 Å². The van der Waals surface area contributed by atoms with Crippen molar-refractivity contribution in [1.29, 1.82) is 0 Å². The Morgan fingerprint density at radius 3 is 2.45 bits per heavy atom. The smallest absolute Gasteiger partial charge is 0.158 e. The summed E-state index contributed by atoms with van der Waals surface area (Å²) in [5, 5.41) is 10.2. The van der Waals surface area contributed by atoms with Crippen LogP contribution in [0.4, 0.5) is 8.78 Å². The molecule has 1 unspecified atom stereocenters. The molecule has 22 heavy (non-hydrogen) atoms. The van der Waals surface area contributed by atoms with Crippen LogP contribution in [-0.2, 0) is 6.54 Å². The number of hydrogen-bond acceptors (Lipinski definition) is 3. The summed E-state index contributed by atoms with van der Waals surface area (Å²) in [5.41, 5.74) is 0.275. The van der Waals surface area contributed by atoms with E-state index in [1.54, 1.807) is 35.3 Å². The topological polar surface area (TPSA) is 50.9 Å². The maximum atomic E-state index is 13.7. The average molecular weight is 301 g/mol. The molecule has 112 valence electrons. The summed E-state index contributed by atoms with van der Waals surface area (Å²) < 4.78 is 29.0. The highest BCUT2D eigenvalue weighted by Gasteiger charge is 2.19. The molecule has 2 aromatic heterocycles. The number of halogens is 2. The van der Waals surface area contributed by atoms with Gasteiger partial charge in [-0.2, -0.15) is 0 Å². The molecule has 0 radical (unpaired) electrons. The summed E-state index contributed by atoms with van der Waals surface area (Å²) in [6.45, 7) is -0.0240. The van der Waals surface area contributed by atoms with Crippen molar-refractivity contribution in [2.45, 2.75) is 12.6 Å². The Morgan fingerprint density at radius 2 is 1.77 bits per heavy atom. The molecule has 6 heteroatoms. The lowest BCUT2D eigenvalue weighted by molar-refractivity contribution is 0.148. The fourth-order valence-electron chi connectivity index (χ4n) is 2.29. The van der Waals surface area contributed by atoms with Gasteiger partial charge in [-0.25, -0.2) is 13.8 Å². The lowest BCUT2D eigenvalue weighted by Crippen LogP contribution is -2.12. The van der Waals surface area contributed by atoms with Gasteiger partial charge in [-0.1, -0.05) is 12.1 Å². The van der Waals surface area contributed by atoms with E-state index in [9.17, 15) is 13.9 Å². The van der Waals surface area contributed by atoms with Crippen LogP contribution < -0.4 is 0 Å². The van der Waals surface area contributed by atoms with Crippen LogP contribution in [0.15, 0.2) is 55.0 Å². The van der Waals surface area contributed by atoms with Crippen molar-refractivity contribution in [3.63, 3.8) is 0 Å². The number of aliphatic hydroxyl groups is 1. The summed E-state index contributed by atoms with van der Waals surface area (Å²) in [4.78, 5) is 8.36. The first-order valence-corrected chi connectivity index (χ1v) is 6.71. The standard InChI is InChI=1S/C16H13F2N3O/c17-11-4-3-5-12(18)15(11)14(22)10-21-9-8-20-16(21)13-6-1-2-7-19-13/h1-9,14,22H,10H2. The Labute approximate surface area is 125 Å². The Bertz CT molecular complexity index is 754. The van der Waals surface area contributed by atoms with Gasteiger partial charge in [0.2, 0.25) is 0 Å². The zero-order chi connectivity index (χ0) is 15.5. The second-order valence-electron chi connectivity index (χ2n) is 4.77. The maximum absolute atomic E-state index is 13.7. The molecule has 1 atom stereocenters.